The maximum absolute atomic E-state index is 6.79. The van der Waals surface area contributed by atoms with Crippen molar-refractivity contribution in [1.29, 1.82) is 0 Å². The molecule has 0 saturated heterocycles. The summed E-state index contributed by atoms with van der Waals surface area (Å²) in [4.78, 5) is 2.38. The predicted octanol–water partition coefficient (Wildman–Crippen LogP) is 15.5. The quantitative estimate of drug-likeness (QED) is 0.169. The van der Waals surface area contributed by atoms with Gasteiger partial charge in [0.15, 0.2) is 0 Å². The molecular weight excluding hydrogens is 691 g/mol. The number of fused-ring (bicyclic) bond motifs is 8. The molecule has 0 fully saturated rings. The molecule has 11 rings (SSSR count). The van der Waals surface area contributed by atoms with Gasteiger partial charge in [-0.3, -0.25) is 0 Å². The Balaban J connectivity index is 1.05. The zero-order chi connectivity index (χ0) is 38.1. The van der Waals surface area contributed by atoms with Gasteiger partial charge in [-0.2, -0.15) is 0 Å². The van der Waals surface area contributed by atoms with Crippen molar-refractivity contribution < 1.29 is 4.42 Å². The Bertz CT molecular complexity index is 3150. The van der Waals surface area contributed by atoms with E-state index in [4.69, 9.17) is 4.42 Å². The number of hydrogen-bond donors (Lipinski definition) is 0. The van der Waals surface area contributed by atoms with E-state index in [-0.39, 0.29) is 5.41 Å². The van der Waals surface area contributed by atoms with Crippen molar-refractivity contribution in [2.75, 3.05) is 4.90 Å². The first-order valence-electron chi connectivity index (χ1n) is 19.8. The minimum Gasteiger partial charge on any atom is -0.455 e. The molecule has 2 heteroatoms. The second kappa shape index (κ2) is 13.0. The Morgan fingerprint density at radius 3 is 1.77 bits per heavy atom. The number of furan rings is 1. The van der Waals surface area contributed by atoms with Gasteiger partial charge in [0.05, 0.1) is 0 Å². The highest BCUT2D eigenvalue weighted by Crippen LogP contribution is 2.50. The van der Waals surface area contributed by atoms with Gasteiger partial charge >= 0.3 is 0 Å². The third-order valence-corrected chi connectivity index (χ3v) is 12.1. The molecule has 1 aromatic heterocycles. The lowest BCUT2D eigenvalue weighted by molar-refractivity contribution is 0.660. The molecule has 0 aliphatic heterocycles. The van der Waals surface area contributed by atoms with Gasteiger partial charge in [-0.15, -0.1) is 0 Å². The Morgan fingerprint density at radius 1 is 0.351 bits per heavy atom. The SMILES string of the molecule is CC1(C)c2ccccc2-c2ccc(-c3cccc(N(c4ccc(-c5ccccc5)cc4)c4cccc(-c5cccc6c5oc5c7ccccc7ccc65)c4)c3)cc21. The molecule has 0 bridgehead atoms. The molecule has 0 radical (unpaired) electrons. The van der Waals surface area contributed by atoms with Crippen molar-refractivity contribution in [2.45, 2.75) is 19.3 Å². The number of hydrogen-bond acceptors (Lipinski definition) is 2. The van der Waals surface area contributed by atoms with Crippen LogP contribution in [0.15, 0.2) is 205 Å². The number of anilines is 3. The van der Waals surface area contributed by atoms with Crippen molar-refractivity contribution in [2.24, 2.45) is 0 Å². The number of nitrogens with zero attached hydrogens (tertiary/aromatic N) is 1. The highest BCUT2D eigenvalue weighted by atomic mass is 16.3. The fraction of sp³-hybridized carbons (Fsp3) is 0.0545. The molecule has 270 valence electrons. The van der Waals surface area contributed by atoms with Gasteiger partial charge in [0.2, 0.25) is 0 Å². The van der Waals surface area contributed by atoms with Crippen LogP contribution >= 0.6 is 0 Å². The third-order valence-electron chi connectivity index (χ3n) is 12.1. The highest BCUT2D eigenvalue weighted by molar-refractivity contribution is 6.17. The normalized spacial score (nSPS) is 12.9. The van der Waals surface area contributed by atoms with Crippen LogP contribution in [0.1, 0.15) is 25.0 Å². The van der Waals surface area contributed by atoms with E-state index in [1.807, 2.05) is 0 Å². The highest BCUT2D eigenvalue weighted by Gasteiger charge is 2.35. The first-order chi connectivity index (χ1) is 28.0. The van der Waals surface area contributed by atoms with Crippen LogP contribution in [-0.4, -0.2) is 0 Å². The molecular formula is C55H39NO. The smallest absolute Gasteiger partial charge is 0.143 e. The number of para-hydroxylation sites is 1. The van der Waals surface area contributed by atoms with E-state index in [1.54, 1.807) is 0 Å². The van der Waals surface area contributed by atoms with Gasteiger partial charge in [-0.25, -0.2) is 0 Å². The summed E-state index contributed by atoms with van der Waals surface area (Å²) in [5, 5.41) is 4.57. The van der Waals surface area contributed by atoms with Crippen LogP contribution in [0.2, 0.25) is 0 Å². The van der Waals surface area contributed by atoms with Gasteiger partial charge in [-0.05, 0) is 104 Å². The van der Waals surface area contributed by atoms with Crippen molar-refractivity contribution in [3.8, 4) is 44.5 Å². The van der Waals surface area contributed by atoms with Crippen molar-refractivity contribution in [1.82, 2.24) is 0 Å². The Labute approximate surface area is 332 Å². The molecule has 1 aliphatic carbocycles. The summed E-state index contributed by atoms with van der Waals surface area (Å²) in [6.07, 6.45) is 0. The minimum absolute atomic E-state index is 0.0671. The summed E-state index contributed by atoms with van der Waals surface area (Å²) in [7, 11) is 0. The molecule has 10 aromatic rings. The maximum Gasteiger partial charge on any atom is 0.143 e. The second-order valence-electron chi connectivity index (χ2n) is 15.7. The van der Waals surface area contributed by atoms with Gasteiger partial charge in [0, 0.05) is 44.2 Å². The average Bonchev–Trinajstić information content (AvgIpc) is 3.77. The zero-order valence-electron chi connectivity index (χ0n) is 31.9. The standard InChI is InChI=1S/C55H39NO/c1-55(2)51-24-9-8-21-47(51)48-31-28-40(35-52(48)55)39-16-10-18-43(33-39)56(42-29-25-37(26-30-42)36-13-4-3-5-14-36)44-19-11-17-41(34-44)46-22-12-23-49-50-32-27-38-15-6-7-20-45(38)53(50)57-54(46)49/h3-35H,1-2H3. The van der Waals surface area contributed by atoms with Crippen molar-refractivity contribution in [3.05, 3.63) is 211 Å². The number of rotatable bonds is 6. The van der Waals surface area contributed by atoms with Gasteiger partial charge in [0.25, 0.3) is 0 Å². The topological polar surface area (TPSA) is 16.4 Å². The lowest BCUT2D eigenvalue weighted by Crippen LogP contribution is -2.14. The van der Waals surface area contributed by atoms with E-state index in [0.29, 0.717) is 0 Å². The van der Waals surface area contributed by atoms with Crippen LogP contribution in [0.3, 0.4) is 0 Å². The summed E-state index contributed by atoms with van der Waals surface area (Å²) in [5.41, 5.74) is 17.4. The molecule has 1 aliphatic rings. The van der Waals surface area contributed by atoms with Crippen LogP contribution in [0, 0.1) is 0 Å². The summed E-state index contributed by atoms with van der Waals surface area (Å²) < 4.78 is 6.79. The second-order valence-corrected chi connectivity index (χ2v) is 15.7. The van der Waals surface area contributed by atoms with E-state index in [9.17, 15) is 0 Å². The van der Waals surface area contributed by atoms with E-state index >= 15 is 0 Å². The molecule has 9 aromatic carbocycles. The first-order valence-corrected chi connectivity index (χ1v) is 19.8. The fourth-order valence-electron chi connectivity index (χ4n) is 9.16. The van der Waals surface area contributed by atoms with Crippen molar-refractivity contribution in [3.63, 3.8) is 0 Å². The van der Waals surface area contributed by atoms with Crippen LogP contribution in [0.5, 0.6) is 0 Å². The van der Waals surface area contributed by atoms with Crippen LogP contribution < -0.4 is 4.90 Å². The molecule has 0 spiro atoms. The summed E-state index contributed by atoms with van der Waals surface area (Å²) in [5.74, 6) is 0. The molecule has 0 saturated carbocycles. The summed E-state index contributed by atoms with van der Waals surface area (Å²) in [6, 6.07) is 72.6. The molecule has 57 heavy (non-hydrogen) atoms. The summed E-state index contributed by atoms with van der Waals surface area (Å²) >= 11 is 0. The van der Waals surface area contributed by atoms with E-state index in [0.717, 1.165) is 55.5 Å². The van der Waals surface area contributed by atoms with E-state index in [1.165, 1.54) is 49.9 Å². The largest absolute Gasteiger partial charge is 0.455 e. The minimum atomic E-state index is -0.0671. The van der Waals surface area contributed by atoms with E-state index < -0.39 is 0 Å². The van der Waals surface area contributed by atoms with Gasteiger partial charge < -0.3 is 9.32 Å². The van der Waals surface area contributed by atoms with Crippen molar-refractivity contribution >= 4 is 49.8 Å². The Kier molecular flexibility index (Phi) is 7.55. The molecule has 0 unspecified atom stereocenters. The zero-order valence-corrected chi connectivity index (χ0v) is 31.9. The van der Waals surface area contributed by atoms with Crippen LogP contribution in [0.4, 0.5) is 17.1 Å². The van der Waals surface area contributed by atoms with Crippen LogP contribution in [-0.2, 0) is 5.41 Å². The Morgan fingerprint density at radius 2 is 0.930 bits per heavy atom. The average molecular weight is 730 g/mol. The predicted molar refractivity (Wildman–Crippen MR) is 240 cm³/mol. The molecule has 1 heterocycles. The lowest BCUT2D eigenvalue weighted by Gasteiger charge is -2.27. The monoisotopic (exact) mass is 729 g/mol. The first kappa shape index (κ1) is 33.2. The maximum atomic E-state index is 6.79. The van der Waals surface area contributed by atoms with E-state index in [2.05, 4.69) is 219 Å². The molecule has 2 nitrogen and oxygen atoms in total. The Hall–Kier alpha value is -7.16. The molecule has 0 amide bonds. The fourth-order valence-corrected chi connectivity index (χ4v) is 9.16. The van der Waals surface area contributed by atoms with Gasteiger partial charge in [0.1, 0.15) is 11.2 Å². The third kappa shape index (κ3) is 5.40. The molecule has 0 atom stereocenters. The summed E-state index contributed by atoms with van der Waals surface area (Å²) in [6.45, 7) is 4.69. The van der Waals surface area contributed by atoms with Gasteiger partial charge in [-0.1, -0.05) is 166 Å². The molecule has 0 N–H and O–H groups in total. The number of benzene rings is 9. The van der Waals surface area contributed by atoms with Crippen LogP contribution in [0.25, 0.3) is 77.2 Å². The lowest BCUT2D eigenvalue weighted by atomic mass is 9.81.